The fourth-order valence-electron chi connectivity index (χ4n) is 3.58. The Morgan fingerprint density at radius 1 is 1.00 bits per heavy atom. The van der Waals surface area contributed by atoms with E-state index in [1.54, 1.807) is 7.11 Å². The van der Waals surface area contributed by atoms with Gasteiger partial charge in [0.25, 0.3) is 0 Å². The fourth-order valence-corrected chi connectivity index (χ4v) is 3.58. The number of nitrogen functional groups attached to an aromatic ring is 1. The zero-order valence-electron chi connectivity index (χ0n) is 17.4. The maximum Gasteiger partial charge on any atom is 0.124 e. The lowest BCUT2D eigenvalue weighted by atomic mass is 9.78. The Balaban J connectivity index is 0.00000176. The highest BCUT2D eigenvalue weighted by Gasteiger charge is 2.27. The monoisotopic (exact) mass is 371 g/mol. The zero-order chi connectivity index (χ0) is 20.1. The van der Waals surface area contributed by atoms with Crippen molar-refractivity contribution in [1.29, 1.82) is 0 Å². The van der Waals surface area contributed by atoms with E-state index < -0.39 is 0 Å². The number of unbranched alkanes of at least 4 members (excludes halogenated alkanes) is 2. The molecule has 3 N–H and O–H groups in total. The first-order valence-corrected chi connectivity index (χ1v) is 10.3. The van der Waals surface area contributed by atoms with E-state index >= 15 is 0 Å². The minimum absolute atomic E-state index is 0.139. The van der Waals surface area contributed by atoms with Crippen LogP contribution < -0.4 is 10.5 Å². The van der Waals surface area contributed by atoms with Gasteiger partial charge in [0.2, 0.25) is 0 Å². The number of hydrogen-bond donors (Lipinski definition) is 2. The van der Waals surface area contributed by atoms with Crippen LogP contribution in [-0.2, 0) is 6.42 Å². The second kappa shape index (κ2) is 13.2. The van der Waals surface area contributed by atoms with Crippen LogP contribution in [0.1, 0.15) is 63.5 Å². The highest BCUT2D eigenvalue weighted by Crippen LogP contribution is 2.40. The summed E-state index contributed by atoms with van der Waals surface area (Å²) in [5.41, 5.74) is 9.37. The van der Waals surface area contributed by atoms with Crippen LogP contribution in [0, 0.1) is 5.92 Å². The molecular weight excluding hydrogens is 334 g/mol. The summed E-state index contributed by atoms with van der Waals surface area (Å²) in [5, 5.41) is 10.1. The summed E-state index contributed by atoms with van der Waals surface area (Å²) < 4.78 is 5.60. The molecular formula is C24H37NO2. The third-order valence-corrected chi connectivity index (χ3v) is 4.97. The Morgan fingerprint density at radius 2 is 1.70 bits per heavy atom. The fraction of sp³-hybridized carbons (Fsp3) is 0.500. The van der Waals surface area contributed by atoms with Crippen molar-refractivity contribution in [2.45, 2.75) is 58.8 Å². The molecule has 2 rings (SSSR count). The molecule has 0 bridgehead atoms. The third-order valence-electron chi connectivity index (χ3n) is 4.97. The van der Waals surface area contributed by atoms with Crippen LogP contribution in [0.4, 0.5) is 5.69 Å². The van der Waals surface area contributed by atoms with Gasteiger partial charge >= 0.3 is 0 Å². The van der Waals surface area contributed by atoms with Gasteiger partial charge in [-0.25, -0.2) is 0 Å². The van der Waals surface area contributed by atoms with Crippen molar-refractivity contribution in [1.82, 2.24) is 0 Å². The van der Waals surface area contributed by atoms with Crippen molar-refractivity contribution in [3.8, 4) is 5.75 Å². The molecule has 0 fully saturated rings. The minimum Gasteiger partial charge on any atom is -0.496 e. The smallest absolute Gasteiger partial charge is 0.124 e. The van der Waals surface area contributed by atoms with Gasteiger partial charge in [-0.3, -0.25) is 0 Å². The molecule has 0 radical (unpaired) electrons. The number of rotatable bonds is 10. The summed E-state index contributed by atoms with van der Waals surface area (Å²) in [6.07, 6.45) is 5.35. The molecule has 0 aromatic heterocycles. The third kappa shape index (κ3) is 6.91. The second-order valence-electron chi connectivity index (χ2n) is 6.70. The van der Waals surface area contributed by atoms with Gasteiger partial charge in [0, 0.05) is 17.9 Å². The number of benzene rings is 2. The number of aliphatic hydroxyl groups excluding tert-OH is 1. The molecule has 0 heterocycles. The van der Waals surface area contributed by atoms with Crippen LogP contribution in [-0.4, -0.2) is 18.8 Å². The Bertz CT molecular complexity index is 628. The van der Waals surface area contributed by atoms with Gasteiger partial charge in [-0.2, -0.15) is 0 Å². The van der Waals surface area contributed by atoms with E-state index in [0.29, 0.717) is 0 Å². The average Bonchev–Trinajstić information content (AvgIpc) is 2.72. The molecule has 2 aromatic rings. The molecule has 2 unspecified atom stereocenters. The van der Waals surface area contributed by atoms with E-state index in [4.69, 9.17) is 10.5 Å². The Kier molecular flexibility index (Phi) is 11.3. The van der Waals surface area contributed by atoms with E-state index in [-0.39, 0.29) is 18.4 Å². The van der Waals surface area contributed by atoms with Crippen molar-refractivity contribution >= 4 is 5.69 Å². The number of methoxy groups -OCH3 is 1. The van der Waals surface area contributed by atoms with Crippen molar-refractivity contribution in [3.63, 3.8) is 0 Å². The lowest BCUT2D eigenvalue weighted by Gasteiger charge is -2.29. The van der Waals surface area contributed by atoms with Gasteiger partial charge in [-0.05, 0) is 42.4 Å². The van der Waals surface area contributed by atoms with Gasteiger partial charge in [-0.1, -0.05) is 76.4 Å². The topological polar surface area (TPSA) is 55.5 Å². The zero-order valence-corrected chi connectivity index (χ0v) is 17.4. The summed E-state index contributed by atoms with van der Waals surface area (Å²) in [5.74, 6) is 1.13. The molecule has 0 aliphatic carbocycles. The highest BCUT2D eigenvalue weighted by atomic mass is 16.5. The highest BCUT2D eigenvalue weighted by molar-refractivity contribution is 5.56. The van der Waals surface area contributed by atoms with Crippen LogP contribution in [0.15, 0.2) is 48.5 Å². The minimum atomic E-state index is 0.139. The molecule has 3 nitrogen and oxygen atoms in total. The first kappa shape index (κ1) is 23.0. The number of aliphatic hydroxyl groups is 1. The SMILES string of the molecule is CC.CCCCCC(CO)C(Cc1ccccc1)c1c(N)cccc1OC. The molecule has 0 amide bonds. The predicted octanol–water partition coefficient (Wildman–Crippen LogP) is 5.82. The molecule has 0 spiro atoms. The van der Waals surface area contributed by atoms with Gasteiger partial charge in [0.05, 0.1) is 7.11 Å². The van der Waals surface area contributed by atoms with Crippen molar-refractivity contribution < 1.29 is 9.84 Å². The summed E-state index contributed by atoms with van der Waals surface area (Å²) in [7, 11) is 1.68. The summed E-state index contributed by atoms with van der Waals surface area (Å²) in [6, 6.07) is 16.2. The van der Waals surface area contributed by atoms with E-state index in [1.807, 2.05) is 38.1 Å². The first-order chi connectivity index (χ1) is 13.2. The lowest BCUT2D eigenvalue weighted by molar-refractivity contribution is 0.190. The molecule has 0 aliphatic rings. The molecule has 3 heteroatoms. The first-order valence-electron chi connectivity index (χ1n) is 10.3. The van der Waals surface area contributed by atoms with Crippen LogP contribution in [0.2, 0.25) is 0 Å². The van der Waals surface area contributed by atoms with Crippen LogP contribution in [0.5, 0.6) is 5.75 Å². The summed E-state index contributed by atoms with van der Waals surface area (Å²) >= 11 is 0. The van der Waals surface area contributed by atoms with Gasteiger partial charge in [0.1, 0.15) is 5.75 Å². The molecule has 2 atom stereocenters. The Morgan fingerprint density at radius 3 is 2.30 bits per heavy atom. The van der Waals surface area contributed by atoms with E-state index in [9.17, 15) is 5.11 Å². The molecule has 0 aliphatic heterocycles. The van der Waals surface area contributed by atoms with Crippen molar-refractivity contribution in [2.24, 2.45) is 5.92 Å². The summed E-state index contributed by atoms with van der Waals surface area (Å²) in [6.45, 7) is 6.37. The van der Waals surface area contributed by atoms with Crippen molar-refractivity contribution in [2.75, 3.05) is 19.5 Å². The Hall–Kier alpha value is -2.00. The second-order valence-corrected chi connectivity index (χ2v) is 6.70. The standard InChI is InChI=1S/C22H31NO2.C2H6/c1-3-4-6-12-18(16-24)19(15-17-10-7-5-8-11-17)22-20(23)13-9-14-21(22)25-2;1-2/h5,7-11,13-14,18-19,24H,3-4,6,12,15-16,23H2,1-2H3;1-2H3. The normalized spacial score (nSPS) is 12.6. The number of ether oxygens (including phenoxy) is 1. The van der Waals surface area contributed by atoms with E-state index in [0.717, 1.165) is 36.3 Å². The molecule has 150 valence electrons. The van der Waals surface area contributed by atoms with Gasteiger partial charge < -0.3 is 15.6 Å². The maximum atomic E-state index is 10.1. The molecule has 27 heavy (non-hydrogen) atoms. The number of hydrogen-bond acceptors (Lipinski definition) is 3. The average molecular weight is 372 g/mol. The number of anilines is 1. The summed E-state index contributed by atoms with van der Waals surface area (Å²) in [4.78, 5) is 0. The van der Waals surface area contributed by atoms with Crippen molar-refractivity contribution in [3.05, 3.63) is 59.7 Å². The maximum absolute atomic E-state index is 10.1. The van der Waals surface area contributed by atoms with E-state index in [2.05, 4.69) is 31.2 Å². The number of nitrogens with two attached hydrogens (primary N) is 1. The van der Waals surface area contributed by atoms with E-state index in [1.165, 1.54) is 18.4 Å². The predicted molar refractivity (Wildman–Crippen MR) is 116 cm³/mol. The quantitative estimate of drug-likeness (QED) is 0.409. The lowest BCUT2D eigenvalue weighted by Crippen LogP contribution is -2.21. The van der Waals surface area contributed by atoms with Gasteiger partial charge in [0.15, 0.2) is 0 Å². The van der Waals surface area contributed by atoms with Crippen LogP contribution in [0.3, 0.4) is 0 Å². The van der Waals surface area contributed by atoms with Gasteiger partial charge in [-0.15, -0.1) is 0 Å². The van der Waals surface area contributed by atoms with Crippen LogP contribution >= 0.6 is 0 Å². The van der Waals surface area contributed by atoms with Crippen LogP contribution in [0.25, 0.3) is 0 Å². The Labute approximate surface area is 165 Å². The molecule has 0 saturated carbocycles. The molecule has 0 saturated heterocycles. The largest absolute Gasteiger partial charge is 0.496 e. The molecule has 2 aromatic carbocycles.